The van der Waals surface area contributed by atoms with E-state index >= 15 is 0 Å². The maximum Gasteiger partial charge on any atom is 0.326 e. The van der Waals surface area contributed by atoms with Crippen LogP contribution in [-0.2, 0) is 9.53 Å². The summed E-state index contributed by atoms with van der Waals surface area (Å²) in [4.78, 5) is 13.4. The molecule has 4 heteroatoms. The van der Waals surface area contributed by atoms with Gasteiger partial charge >= 0.3 is 5.97 Å². The predicted molar refractivity (Wildman–Crippen MR) is 60.0 cm³/mol. The number of carboxylic acids is 1. The van der Waals surface area contributed by atoms with Crippen LogP contribution in [0, 0.1) is 5.92 Å². The molecule has 0 aliphatic heterocycles. The predicted octanol–water partition coefficient (Wildman–Crippen LogP) is 1.45. The molecule has 0 radical (unpaired) electrons. The number of hydrogen-bond donors (Lipinski definition) is 1. The van der Waals surface area contributed by atoms with Gasteiger partial charge in [0.05, 0.1) is 6.61 Å². The zero-order valence-electron chi connectivity index (χ0n) is 10.4. The average molecular weight is 217 g/mol. The molecule has 0 rings (SSSR count). The number of aliphatic carboxylic acids is 1. The molecule has 0 heterocycles. The summed E-state index contributed by atoms with van der Waals surface area (Å²) in [7, 11) is 1.55. The molecule has 1 unspecified atom stereocenters. The number of rotatable bonds is 7. The third-order valence-electron chi connectivity index (χ3n) is 3.02. The van der Waals surface area contributed by atoms with Gasteiger partial charge in [-0.2, -0.15) is 0 Å². The Hall–Kier alpha value is -0.610. The van der Waals surface area contributed by atoms with Crippen molar-refractivity contribution in [3.05, 3.63) is 0 Å². The second kappa shape index (κ2) is 6.08. The Bertz CT molecular complexity index is 202. The number of nitrogens with zero attached hydrogens (tertiary/aromatic N) is 1. The van der Waals surface area contributed by atoms with E-state index < -0.39 is 11.5 Å². The molecule has 0 saturated heterocycles. The molecule has 0 aromatic rings. The quantitative estimate of drug-likeness (QED) is 0.701. The lowest BCUT2D eigenvalue weighted by atomic mass is 9.85. The Morgan fingerprint density at radius 3 is 2.07 bits per heavy atom. The van der Waals surface area contributed by atoms with Gasteiger partial charge in [0.2, 0.25) is 0 Å². The van der Waals surface area contributed by atoms with Gasteiger partial charge in [-0.1, -0.05) is 27.7 Å². The maximum absolute atomic E-state index is 11.5. The third kappa shape index (κ3) is 2.69. The molecule has 0 bridgehead atoms. The summed E-state index contributed by atoms with van der Waals surface area (Å²) >= 11 is 0. The van der Waals surface area contributed by atoms with Gasteiger partial charge in [0.25, 0.3) is 0 Å². The van der Waals surface area contributed by atoms with E-state index in [0.717, 1.165) is 0 Å². The summed E-state index contributed by atoms with van der Waals surface area (Å²) in [6.45, 7) is 9.44. The fraction of sp³-hybridized carbons (Fsp3) is 0.909. The highest BCUT2D eigenvalue weighted by atomic mass is 16.5. The van der Waals surface area contributed by atoms with Crippen LogP contribution >= 0.6 is 0 Å². The number of methoxy groups -OCH3 is 1. The van der Waals surface area contributed by atoms with Crippen LogP contribution in [0.25, 0.3) is 0 Å². The smallest absolute Gasteiger partial charge is 0.326 e. The van der Waals surface area contributed by atoms with E-state index in [0.29, 0.717) is 13.1 Å². The van der Waals surface area contributed by atoms with Crippen LogP contribution in [0.2, 0.25) is 0 Å². The van der Waals surface area contributed by atoms with E-state index in [4.69, 9.17) is 4.74 Å². The van der Waals surface area contributed by atoms with Gasteiger partial charge in [-0.05, 0) is 19.0 Å². The van der Waals surface area contributed by atoms with Crippen molar-refractivity contribution in [2.45, 2.75) is 33.2 Å². The molecular formula is C11H23NO3. The van der Waals surface area contributed by atoms with Crippen molar-refractivity contribution in [3.63, 3.8) is 0 Å². The summed E-state index contributed by atoms with van der Waals surface area (Å²) in [5.41, 5.74) is -0.905. The van der Waals surface area contributed by atoms with Crippen LogP contribution in [0.5, 0.6) is 0 Å². The van der Waals surface area contributed by atoms with Gasteiger partial charge in [-0.25, -0.2) is 0 Å². The fourth-order valence-electron chi connectivity index (χ4n) is 2.08. The summed E-state index contributed by atoms with van der Waals surface area (Å²) in [5.74, 6) is -0.794. The Kier molecular flexibility index (Phi) is 5.83. The summed E-state index contributed by atoms with van der Waals surface area (Å²) in [6, 6.07) is 0. The summed E-state index contributed by atoms with van der Waals surface area (Å²) < 4.78 is 5.09. The Labute approximate surface area is 92.2 Å². The zero-order chi connectivity index (χ0) is 12.1. The maximum atomic E-state index is 11.5. The molecule has 0 aliphatic rings. The minimum absolute atomic E-state index is 0.00912. The Balaban J connectivity index is 5.18. The number of carboxylic acid groups (broad SMARTS) is 1. The molecule has 0 amide bonds. The van der Waals surface area contributed by atoms with Crippen LogP contribution < -0.4 is 0 Å². The zero-order valence-corrected chi connectivity index (χ0v) is 10.4. The van der Waals surface area contributed by atoms with Gasteiger partial charge in [-0.15, -0.1) is 0 Å². The van der Waals surface area contributed by atoms with Crippen LogP contribution in [0.1, 0.15) is 27.7 Å². The molecule has 0 aromatic carbocycles. The standard InChI is InChI=1S/C11H23NO3/c1-6-12(7-2)11(8-15-5,9(3)4)10(13)14/h9H,6-8H2,1-5H3,(H,13,14). The molecular weight excluding hydrogens is 194 g/mol. The van der Waals surface area contributed by atoms with Gasteiger partial charge < -0.3 is 9.84 Å². The van der Waals surface area contributed by atoms with Gasteiger partial charge in [0.1, 0.15) is 5.54 Å². The molecule has 0 aromatic heterocycles. The van der Waals surface area contributed by atoms with E-state index in [1.54, 1.807) is 7.11 Å². The van der Waals surface area contributed by atoms with Gasteiger partial charge in [-0.3, -0.25) is 9.69 Å². The lowest BCUT2D eigenvalue weighted by Crippen LogP contribution is -2.61. The SMILES string of the molecule is CCN(CC)C(COC)(C(=O)O)C(C)C. The lowest BCUT2D eigenvalue weighted by Gasteiger charge is -2.42. The highest BCUT2D eigenvalue weighted by Gasteiger charge is 2.46. The number of carbonyl (C=O) groups is 1. The van der Waals surface area contributed by atoms with E-state index in [-0.39, 0.29) is 12.5 Å². The third-order valence-corrected chi connectivity index (χ3v) is 3.02. The first-order valence-corrected chi connectivity index (χ1v) is 5.44. The fourth-order valence-corrected chi connectivity index (χ4v) is 2.08. The van der Waals surface area contributed by atoms with Crippen LogP contribution in [0.15, 0.2) is 0 Å². The van der Waals surface area contributed by atoms with E-state index in [1.807, 2.05) is 32.6 Å². The van der Waals surface area contributed by atoms with Crippen molar-refractivity contribution >= 4 is 5.97 Å². The van der Waals surface area contributed by atoms with Crippen LogP contribution in [-0.4, -0.2) is 48.3 Å². The molecule has 90 valence electrons. The second-order valence-electron chi connectivity index (χ2n) is 3.99. The number of likely N-dealkylation sites (N-methyl/N-ethyl adjacent to an activating group) is 1. The molecule has 0 saturated carbocycles. The van der Waals surface area contributed by atoms with Crippen molar-refractivity contribution < 1.29 is 14.6 Å². The Morgan fingerprint density at radius 2 is 1.87 bits per heavy atom. The number of ether oxygens (including phenoxy) is 1. The largest absolute Gasteiger partial charge is 0.480 e. The highest BCUT2D eigenvalue weighted by molar-refractivity contribution is 5.79. The van der Waals surface area contributed by atoms with Crippen molar-refractivity contribution in [3.8, 4) is 0 Å². The van der Waals surface area contributed by atoms with Crippen LogP contribution in [0.4, 0.5) is 0 Å². The van der Waals surface area contributed by atoms with Crippen molar-refractivity contribution in [2.24, 2.45) is 5.92 Å². The first-order valence-electron chi connectivity index (χ1n) is 5.44. The average Bonchev–Trinajstić information content (AvgIpc) is 2.17. The first kappa shape index (κ1) is 14.4. The summed E-state index contributed by atoms with van der Waals surface area (Å²) in [5, 5.41) is 9.44. The van der Waals surface area contributed by atoms with Crippen molar-refractivity contribution in [1.82, 2.24) is 4.90 Å². The first-order chi connectivity index (χ1) is 6.97. The second-order valence-corrected chi connectivity index (χ2v) is 3.99. The normalized spacial score (nSPS) is 15.7. The van der Waals surface area contributed by atoms with Crippen molar-refractivity contribution in [2.75, 3.05) is 26.8 Å². The molecule has 1 N–H and O–H groups in total. The molecule has 0 aliphatic carbocycles. The highest BCUT2D eigenvalue weighted by Crippen LogP contribution is 2.26. The van der Waals surface area contributed by atoms with Gasteiger partial charge in [0.15, 0.2) is 0 Å². The monoisotopic (exact) mass is 217 g/mol. The minimum atomic E-state index is -0.905. The minimum Gasteiger partial charge on any atom is -0.480 e. The molecule has 1 atom stereocenters. The molecule has 4 nitrogen and oxygen atoms in total. The van der Waals surface area contributed by atoms with E-state index in [1.165, 1.54) is 0 Å². The molecule has 15 heavy (non-hydrogen) atoms. The summed E-state index contributed by atoms with van der Waals surface area (Å²) in [6.07, 6.45) is 0. The van der Waals surface area contributed by atoms with Gasteiger partial charge in [0, 0.05) is 7.11 Å². The Morgan fingerprint density at radius 1 is 1.40 bits per heavy atom. The van der Waals surface area contributed by atoms with Crippen LogP contribution in [0.3, 0.4) is 0 Å². The topological polar surface area (TPSA) is 49.8 Å². The molecule has 0 fully saturated rings. The van der Waals surface area contributed by atoms with E-state index in [2.05, 4.69) is 0 Å². The van der Waals surface area contributed by atoms with E-state index in [9.17, 15) is 9.90 Å². The molecule has 0 spiro atoms. The lowest BCUT2D eigenvalue weighted by molar-refractivity contribution is -0.160. The van der Waals surface area contributed by atoms with Crippen molar-refractivity contribution in [1.29, 1.82) is 0 Å². The number of hydrogen-bond acceptors (Lipinski definition) is 3.